The number of rotatable bonds is 4. The SMILES string of the molecule is [C-]#[N+]c1ccc(-c2nc(N3CCC(N)CC3)cc(=O)n2-c2ccc(C3CC3)cc2)cc1F. The van der Waals surface area contributed by atoms with Crippen molar-refractivity contribution in [1.82, 2.24) is 9.55 Å². The van der Waals surface area contributed by atoms with E-state index < -0.39 is 5.82 Å². The fraction of sp³-hybridized carbons (Fsp3) is 0.320. The van der Waals surface area contributed by atoms with Crippen molar-refractivity contribution in [3.8, 4) is 17.1 Å². The molecule has 7 heteroatoms. The fourth-order valence-corrected chi connectivity index (χ4v) is 4.25. The van der Waals surface area contributed by atoms with Crippen molar-refractivity contribution < 1.29 is 4.39 Å². The minimum atomic E-state index is -0.628. The fourth-order valence-electron chi connectivity index (χ4n) is 4.25. The standard InChI is InChI=1S/C25H24FN5O/c1-28-22-9-6-18(14-21(22)26)25-29-23(30-12-10-19(27)11-13-30)15-24(32)31(25)20-7-4-17(5-8-20)16-2-3-16/h4-9,14-16,19H,2-3,10-13,27H2. The summed E-state index contributed by atoms with van der Waals surface area (Å²) in [5, 5.41) is 0. The topological polar surface area (TPSA) is 68.5 Å². The van der Waals surface area contributed by atoms with Gasteiger partial charge in [0, 0.05) is 30.8 Å². The Hall–Kier alpha value is -3.50. The third kappa shape index (κ3) is 3.90. The minimum Gasteiger partial charge on any atom is -0.356 e. The molecule has 1 saturated carbocycles. The number of benzene rings is 2. The molecule has 6 nitrogen and oxygen atoms in total. The minimum absolute atomic E-state index is 0.0578. The average Bonchev–Trinajstić information content (AvgIpc) is 3.65. The number of nitrogens with zero attached hydrogens (tertiary/aromatic N) is 4. The first kappa shape index (κ1) is 20.4. The lowest BCUT2D eigenvalue weighted by Crippen LogP contribution is -2.40. The van der Waals surface area contributed by atoms with Gasteiger partial charge in [0.2, 0.25) is 5.69 Å². The lowest BCUT2D eigenvalue weighted by atomic mass is 10.1. The Labute approximate surface area is 185 Å². The van der Waals surface area contributed by atoms with E-state index in [4.69, 9.17) is 17.3 Å². The van der Waals surface area contributed by atoms with Crippen LogP contribution >= 0.6 is 0 Å². The average molecular weight is 429 g/mol. The Bertz CT molecular complexity index is 1250. The summed E-state index contributed by atoms with van der Waals surface area (Å²) in [7, 11) is 0. The largest absolute Gasteiger partial charge is 0.356 e. The van der Waals surface area contributed by atoms with Crippen LogP contribution in [0.5, 0.6) is 0 Å². The molecule has 3 aromatic rings. The molecule has 2 N–H and O–H groups in total. The molecule has 0 amide bonds. The Morgan fingerprint density at radius 2 is 1.75 bits per heavy atom. The van der Waals surface area contributed by atoms with E-state index in [1.54, 1.807) is 12.1 Å². The zero-order valence-electron chi connectivity index (χ0n) is 17.7. The van der Waals surface area contributed by atoms with Crippen molar-refractivity contribution in [3.05, 3.63) is 81.7 Å². The molecule has 2 fully saturated rings. The van der Waals surface area contributed by atoms with Gasteiger partial charge in [0.25, 0.3) is 5.56 Å². The second-order valence-corrected chi connectivity index (χ2v) is 8.58. The second-order valence-electron chi connectivity index (χ2n) is 8.58. The lowest BCUT2D eigenvalue weighted by molar-refractivity contribution is 0.498. The number of halogens is 1. The molecule has 162 valence electrons. The maximum absolute atomic E-state index is 14.5. The number of aromatic nitrogens is 2. The number of hydrogen-bond acceptors (Lipinski definition) is 4. The molecule has 0 radical (unpaired) electrons. The van der Waals surface area contributed by atoms with Gasteiger partial charge in [-0.3, -0.25) is 9.36 Å². The maximum Gasteiger partial charge on any atom is 0.260 e. The highest BCUT2D eigenvalue weighted by Crippen LogP contribution is 2.40. The van der Waals surface area contributed by atoms with Gasteiger partial charge in [-0.1, -0.05) is 24.3 Å². The highest BCUT2D eigenvalue weighted by molar-refractivity contribution is 5.65. The zero-order valence-corrected chi connectivity index (χ0v) is 17.7. The van der Waals surface area contributed by atoms with Crippen molar-refractivity contribution in [2.45, 2.75) is 37.6 Å². The third-order valence-corrected chi connectivity index (χ3v) is 6.30. The first-order valence-electron chi connectivity index (χ1n) is 11.0. The molecule has 5 rings (SSSR count). The first-order chi connectivity index (χ1) is 15.5. The Morgan fingerprint density at radius 3 is 2.38 bits per heavy atom. The summed E-state index contributed by atoms with van der Waals surface area (Å²) in [4.78, 5) is 23.4. The molecule has 1 aromatic heterocycles. The molecular weight excluding hydrogens is 405 g/mol. The van der Waals surface area contributed by atoms with Crippen LogP contribution in [0.3, 0.4) is 0 Å². The summed E-state index contributed by atoms with van der Waals surface area (Å²) in [6.07, 6.45) is 4.06. The highest BCUT2D eigenvalue weighted by atomic mass is 19.1. The van der Waals surface area contributed by atoms with Crippen molar-refractivity contribution >= 4 is 11.5 Å². The van der Waals surface area contributed by atoms with Crippen LogP contribution in [-0.2, 0) is 0 Å². The molecule has 2 heterocycles. The van der Waals surface area contributed by atoms with Crippen LogP contribution in [0.4, 0.5) is 15.9 Å². The lowest BCUT2D eigenvalue weighted by Gasteiger charge is -2.31. The Balaban J connectivity index is 1.63. The maximum atomic E-state index is 14.5. The van der Waals surface area contributed by atoms with E-state index in [0.29, 0.717) is 28.8 Å². The molecule has 32 heavy (non-hydrogen) atoms. The van der Waals surface area contributed by atoms with Crippen molar-refractivity contribution in [2.24, 2.45) is 5.73 Å². The Morgan fingerprint density at radius 1 is 1.03 bits per heavy atom. The second kappa shape index (κ2) is 8.21. The van der Waals surface area contributed by atoms with Gasteiger partial charge in [0.05, 0.1) is 12.3 Å². The summed E-state index contributed by atoms with van der Waals surface area (Å²) in [6.45, 7) is 8.55. The van der Waals surface area contributed by atoms with Crippen molar-refractivity contribution in [2.75, 3.05) is 18.0 Å². The highest BCUT2D eigenvalue weighted by Gasteiger charge is 2.24. The van der Waals surface area contributed by atoms with Crippen molar-refractivity contribution in [3.63, 3.8) is 0 Å². The van der Waals surface area contributed by atoms with Gasteiger partial charge in [0.1, 0.15) is 17.5 Å². The molecule has 2 aliphatic rings. The molecule has 1 aliphatic heterocycles. The first-order valence-corrected chi connectivity index (χ1v) is 11.0. The van der Waals surface area contributed by atoms with Gasteiger partial charge in [0.15, 0.2) is 0 Å². The van der Waals surface area contributed by atoms with E-state index >= 15 is 0 Å². The predicted molar refractivity (Wildman–Crippen MR) is 123 cm³/mol. The monoisotopic (exact) mass is 429 g/mol. The molecule has 2 aromatic carbocycles. The zero-order chi connectivity index (χ0) is 22.2. The molecule has 0 spiro atoms. The molecule has 0 atom stereocenters. The molecule has 1 saturated heterocycles. The van der Waals surface area contributed by atoms with E-state index in [1.165, 1.54) is 35.1 Å². The third-order valence-electron chi connectivity index (χ3n) is 6.30. The number of nitrogens with two attached hydrogens (primary N) is 1. The smallest absolute Gasteiger partial charge is 0.260 e. The summed E-state index contributed by atoms with van der Waals surface area (Å²) in [5.41, 5.74) is 8.15. The summed E-state index contributed by atoms with van der Waals surface area (Å²) in [6, 6.07) is 14.0. The van der Waals surface area contributed by atoms with Crippen LogP contribution in [0.1, 0.15) is 37.2 Å². The number of hydrogen-bond donors (Lipinski definition) is 1. The van der Waals surface area contributed by atoms with Gasteiger partial charge < -0.3 is 10.6 Å². The molecule has 1 aliphatic carbocycles. The molecular formula is C25H24FN5O. The predicted octanol–water partition coefficient (Wildman–Crippen LogP) is 4.39. The van der Waals surface area contributed by atoms with Gasteiger partial charge in [-0.05, 0) is 55.4 Å². The van der Waals surface area contributed by atoms with Gasteiger partial charge in [-0.2, -0.15) is 0 Å². The summed E-state index contributed by atoms with van der Waals surface area (Å²) in [5.74, 6) is 0.910. The van der Waals surface area contributed by atoms with Gasteiger partial charge >= 0.3 is 0 Å². The summed E-state index contributed by atoms with van der Waals surface area (Å²) < 4.78 is 16.0. The van der Waals surface area contributed by atoms with Gasteiger partial charge in [-0.15, -0.1) is 0 Å². The van der Waals surface area contributed by atoms with Crippen LogP contribution in [0.25, 0.3) is 21.9 Å². The van der Waals surface area contributed by atoms with Crippen LogP contribution in [0.15, 0.2) is 53.3 Å². The quantitative estimate of drug-likeness (QED) is 0.625. The van der Waals surface area contributed by atoms with E-state index in [-0.39, 0.29) is 17.3 Å². The van der Waals surface area contributed by atoms with E-state index in [2.05, 4.69) is 9.74 Å². The van der Waals surface area contributed by atoms with Gasteiger partial charge in [-0.25, -0.2) is 14.2 Å². The van der Waals surface area contributed by atoms with Crippen LogP contribution < -0.4 is 16.2 Å². The summed E-state index contributed by atoms with van der Waals surface area (Å²) >= 11 is 0. The number of anilines is 1. The van der Waals surface area contributed by atoms with E-state index in [1.807, 2.05) is 24.3 Å². The van der Waals surface area contributed by atoms with Crippen LogP contribution in [0, 0.1) is 12.4 Å². The van der Waals surface area contributed by atoms with E-state index in [0.717, 1.165) is 25.9 Å². The van der Waals surface area contributed by atoms with Crippen LogP contribution in [0.2, 0.25) is 0 Å². The number of piperidine rings is 1. The normalized spacial score (nSPS) is 16.7. The molecule has 0 unspecified atom stereocenters. The van der Waals surface area contributed by atoms with Crippen molar-refractivity contribution in [1.29, 1.82) is 0 Å². The van der Waals surface area contributed by atoms with Crippen LogP contribution in [-0.4, -0.2) is 28.7 Å². The molecule has 0 bridgehead atoms. The Kier molecular flexibility index (Phi) is 5.24. The van der Waals surface area contributed by atoms with E-state index in [9.17, 15) is 9.18 Å².